The first-order valence-electron chi connectivity index (χ1n) is 6.13. The molecule has 16 heavy (non-hydrogen) atoms. The van der Waals surface area contributed by atoms with E-state index < -0.39 is 0 Å². The van der Waals surface area contributed by atoms with Crippen molar-refractivity contribution in [3.8, 4) is 5.75 Å². The van der Waals surface area contributed by atoms with E-state index in [0.717, 1.165) is 24.5 Å². The molecule has 3 nitrogen and oxygen atoms in total. The first kappa shape index (κ1) is 11.4. The lowest BCUT2D eigenvalue weighted by Crippen LogP contribution is -2.35. The van der Waals surface area contributed by atoms with E-state index in [9.17, 15) is 0 Å². The molecule has 0 amide bonds. The second-order valence-corrected chi connectivity index (χ2v) is 4.42. The minimum absolute atomic E-state index is 0.650. The summed E-state index contributed by atoms with van der Waals surface area (Å²) in [4.78, 5) is 4.15. The van der Waals surface area contributed by atoms with Crippen LogP contribution in [0.4, 0.5) is 0 Å². The molecular formula is C13H20N2O. The molecule has 1 N–H and O–H groups in total. The van der Waals surface area contributed by atoms with Gasteiger partial charge in [0.25, 0.3) is 0 Å². The van der Waals surface area contributed by atoms with Crippen LogP contribution in [0.5, 0.6) is 5.75 Å². The second kappa shape index (κ2) is 5.85. The van der Waals surface area contributed by atoms with Crippen molar-refractivity contribution in [3.63, 3.8) is 0 Å². The average molecular weight is 220 g/mol. The Morgan fingerprint density at radius 2 is 2.44 bits per heavy atom. The summed E-state index contributed by atoms with van der Waals surface area (Å²) in [7, 11) is 0. The van der Waals surface area contributed by atoms with Crippen molar-refractivity contribution in [2.24, 2.45) is 0 Å². The average Bonchev–Trinajstić information content (AvgIpc) is 2.30. The Balaban J connectivity index is 1.71. The molecule has 2 rings (SSSR count). The predicted octanol–water partition coefficient (Wildman–Crippen LogP) is 2.30. The quantitative estimate of drug-likeness (QED) is 0.845. The van der Waals surface area contributed by atoms with Crippen molar-refractivity contribution >= 4 is 0 Å². The van der Waals surface area contributed by atoms with Crippen molar-refractivity contribution in [2.45, 2.75) is 38.6 Å². The topological polar surface area (TPSA) is 34.1 Å². The molecule has 2 heterocycles. The van der Waals surface area contributed by atoms with E-state index in [0.29, 0.717) is 6.04 Å². The minimum atomic E-state index is 0.650. The van der Waals surface area contributed by atoms with Gasteiger partial charge in [-0.25, -0.2) is 0 Å². The third kappa shape index (κ3) is 3.49. The molecule has 88 valence electrons. The fraction of sp³-hybridized carbons (Fsp3) is 0.615. The number of aromatic nitrogens is 1. The molecule has 0 saturated carbocycles. The van der Waals surface area contributed by atoms with Gasteiger partial charge in [-0.3, -0.25) is 4.98 Å². The van der Waals surface area contributed by atoms with Crippen molar-refractivity contribution < 1.29 is 4.74 Å². The van der Waals surface area contributed by atoms with Gasteiger partial charge in [-0.2, -0.15) is 0 Å². The van der Waals surface area contributed by atoms with Crippen molar-refractivity contribution in [1.82, 2.24) is 10.3 Å². The van der Waals surface area contributed by atoms with E-state index >= 15 is 0 Å². The minimum Gasteiger partial charge on any atom is -0.493 e. The number of ether oxygens (including phenoxy) is 1. The Hall–Kier alpha value is -1.09. The lowest BCUT2D eigenvalue weighted by molar-refractivity contribution is 0.268. The molecule has 1 fully saturated rings. The summed E-state index contributed by atoms with van der Waals surface area (Å²) in [6.07, 6.45) is 6.86. The van der Waals surface area contributed by atoms with Gasteiger partial charge in [-0.05, 0) is 38.8 Å². The van der Waals surface area contributed by atoms with Gasteiger partial charge in [0.15, 0.2) is 0 Å². The maximum Gasteiger partial charge on any atom is 0.122 e. The molecule has 1 aliphatic heterocycles. The van der Waals surface area contributed by atoms with E-state index in [1.165, 1.54) is 25.8 Å². The molecule has 1 aromatic heterocycles. The van der Waals surface area contributed by atoms with Gasteiger partial charge in [0.1, 0.15) is 5.75 Å². The summed E-state index contributed by atoms with van der Waals surface area (Å²) in [6.45, 7) is 3.94. The fourth-order valence-electron chi connectivity index (χ4n) is 2.10. The summed E-state index contributed by atoms with van der Waals surface area (Å²) in [5.41, 5.74) is 1.01. The van der Waals surface area contributed by atoms with Crippen LogP contribution >= 0.6 is 0 Å². The predicted molar refractivity (Wildman–Crippen MR) is 64.7 cm³/mol. The number of hydrogen-bond donors (Lipinski definition) is 1. The molecule has 1 atom stereocenters. The van der Waals surface area contributed by atoms with E-state index in [2.05, 4.69) is 10.3 Å². The third-order valence-electron chi connectivity index (χ3n) is 3.02. The zero-order chi connectivity index (χ0) is 11.2. The zero-order valence-electron chi connectivity index (χ0n) is 9.91. The Kier molecular flexibility index (Phi) is 4.17. The van der Waals surface area contributed by atoms with Crippen LogP contribution in [-0.2, 0) is 0 Å². The summed E-state index contributed by atoms with van der Waals surface area (Å²) in [6, 6.07) is 4.55. The maximum atomic E-state index is 5.71. The van der Waals surface area contributed by atoms with Crippen LogP contribution in [-0.4, -0.2) is 24.2 Å². The fourth-order valence-corrected chi connectivity index (χ4v) is 2.10. The summed E-state index contributed by atoms with van der Waals surface area (Å²) >= 11 is 0. The van der Waals surface area contributed by atoms with Gasteiger partial charge < -0.3 is 10.1 Å². The van der Waals surface area contributed by atoms with E-state index in [4.69, 9.17) is 4.74 Å². The highest BCUT2D eigenvalue weighted by atomic mass is 16.5. The van der Waals surface area contributed by atoms with Crippen molar-refractivity contribution in [3.05, 3.63) is 24.0 Å². The zero-order valence-corrected chi connectivity index (χ0v) is 9.91. The largest absolute Gasteiger partial charge is 0.493 e. The Morgan fingerprint density at radius 1 is 1.50 bits per heavy atom. The number of hydrogen-bond acceptors (Lipinski definition) is 3. The van der Waals surface area contributed by atoms with E-state index in [1.807, 2.05) is 19.1 Å². The number of aryl methyl sites for hydroxylation is 1. The first-order chi connectivity index (χ1) is 7.84. The van der Waals surface area contributed by atoms with Crippen molar-refractivity contribution in [1.29, 1.82) is 0 Å². The van der Waals surface area contributed by atoms with Crippen LogP contribution in [0.1, 0.15) is 31.4 Å². The molecule has 0 aliphatic carbocycles. The van der Waals surface area contributed by atoms with Crippen LogP contribution in [0, 0.1) is 6.92 Å². The van der Waals surface area contributed by atoms with Gasteiger partial charge in [0.05, 0.1) is 6.61 Å². The van der Waals surface area contributed by atoms with E-state index in [-0.39, 0.29) is 0 Å². The number of piperidine rings is 1. The van der Waals surface area contributed by atoms with Crippen LogP contribution < -0.4 is 10.1 Å². The van der Waals surface area contributed by atoms with Gasteiger partial charge in [-0.1, -0.05) is 6.42 Å². The van der Waals surface area contributed by atoms with Crippen LogP contribution in [0.2, 0.25) is 0 Å². The highest BCUT2D eigenvalue weighted by molar-refractivity contribution is 5.21. The molecule has 1 aliphatic rings. The van der Waals surface area contributed by atoms with Gasteiger partial charge in [0.2, 0.25) is 0 Å². The van der Waals surface area contributed by atoms with Crippen molar-refractivity contribution in [2.75, 3.05) is 13.2 Å². The van der Waals surface area contributed by atoms with Crippen LogP contribution in [0.25, 0.3) is 0 Å². The highest BCUT2D eigenvalue weighted by Crippen LogP contribution is 2.13. The SMILES string of the molecule is Cc1cc(OCCC2CCCCN2)ccn1. The number of nitrogens with zero attached hydrogens (tertiary/aromatic N) is 1. The van der Waals surface area contributed by atoms with Gasteiger partial charge >= 0.3 is 0 Å². The molecule has 0 aromatic carbocycles. The molecule has 0 radical (unpaired) electrons. The Morgan fingerprint density at radius 3 is 3.19 bits per heavy atom. The highest BCUT2D eigenvalue weighted by Gasteiger charge is 2.11. The summed E-state index contributed by atoms with van der Waals surface area (Å²) in [5.74, 6) is 0.934. The Labute approximate surface area is 97.2 Å². The number of nitrogens with one attached hydrogen (secondary N) is 1. The molecule has 1 aromatic rings. The summed E-state index contributed by atoms with van der Waals surface area (Å²) < 4.78 is 5.71. The molecule has 1 saturated heterocycles. The third-order valence-corrected chi connectivity index (χ3v) is 3.02. The monoisotopic (exact) mass is 220 g/mol. The van der Waals surface area contributed by atoms with Crippen LogP contribution in [0.15, 0.2) is 18.3 Å². The molecular weight excluding hydrogens is 200 g/mol. The smallest absolute Gasteiger partial charge is 0.122 e. The molecule has 0 bridgehead atoms. The molecule has 0 spiro atoms. The Bertz CT molecular complexity index is 321. The number of pyridine rings is 1. The summed E-state index contributed by atoms with van der Waals surface area (Å²) in [5, 5.41) is 3.52. The maximum absolute atomic E-state index is 5.71. The normalized spacial score (nSPS) is 20.7. The van der Waals surface area contributed by atoms with Gasteiger partial charge in [0, 0.05) is 24.0 Å². The van der Waals surface area contributed by atoms with Crippen LogP contribution in [0.3, 0.4) is 0 Å². The molecule has 1 unspecified atom stereocenters. The second-order valence-electron chi connectivity index (χ2n) is 4.42. The molecule has 3 heteroatoms. The standard InChI is InChI=1S/C13H20N2O/c1-11-10-13(5-8-14-11)16-9-6-12-4-2-3-7-15-12/h5,8,10,12,15H,2-4,6-7,9H2,1H3. The number of rotatable bonds is 4. The van der Waals surface area contributed by atoms with E-state index in [1.54, 1.807) is 6.20 Å². The first-order valence-corrected chi connectivity index (χ1v) is 6.13. The van der Waals surface area contributed by atoms with Gasteiger partial charge in [-0.15, -0.1) is 0 Å². The lowest BCUT2D eigenvalue weighted by Gasteiger charge is -2.23. The lowest BCUT2D eigenvalue weighted by atomic mass is 10.0.